The van der Waals surface area contributed by atoms with Crippen LogP contribution in [0.1, 0.15) is 12.8 Å². The molecule has 0 aromatic carbocycles. The first-order valence-electron chi connectivity index (χ1n) is 8.39. The highest BCUT2D eigenvalue weighted by molar-refractivity contribution is 7.98. The average molecular weight is 471 g/mol. The number of thioether (sulfide) groups is 1. The van der Waals surface area contributed by atoms with E-state index < -0.39 is 60.2 Å². The summed E-state index contributed by atoms with van der Waals surface area (Å²) in [6.45, 7) is 0. The number of carbonyl (C=O) groups excluding carboxylic acids is 3. The molecule has 0 aliphatic heterocycles. The molecule has 0 bridgehead atoms. The van der Waals surface area contributed by atoms with Crippen molar-refractivity contribution >= 4 is 66.7 Å². The lowest BCUT2D eigenvalue weighted by Crippen LogP contribution is -2.58. The minimum absolute atomic E-state index is 0.0739. The second-order valence-corrected chi connectivity index (χ2v) is 7.59. The molecule has 0 heterocycles. The Hall–Kier alpha value is -1.64. The molecule has 4 atom stereocenters. The van der Waals surface area contributed by atoms with E-state index in [0.29, 0.717) is 5.75 Å². The Morgan fingerprint density at radius 3 is 1.86 bits per heavy atom. The van der Waals surface area contributed by atoms with Gasteiger partial charge in [-0.25, -0.2) is 4.79 Å². The second kappa shape index (κ2) is 14.4. The minimum atomic E-state index is -1.67. The van der Waals surface area contributed by atoms with Crippen LogP contribution in [0, 0.1) is 0 Å². The molecule has 0 aliphatic carbocycles. The normalized spacial score (nSPS) is 14.8. The summed E-state index contributed by atoms with van der Waals surface area (Å²) in [5.41, 5.74) is 5.59. The summed E-state index contributed by atoms with van der Waals surface area (Å²) in [4.78, 5) is 58.6. The Morgan fingerprint density at radius 1 is 0.897 bits per heavy atom. The number of rotatable bonds is 14. The predicted molar refractivity (Wildman–Crippen MR) is 114 cm³/mol. The molecule has 14 heteroatoms. The molecule has 0 spiro atoms. The van der Waals surface area contributed by atoms with Gasteiger partial charge < -0.3 is 31.9 Å². The van der Waals surface area contributed by atoms with Gasteiger partial charge in [0.05, 0.1) is 12.5 Å². The van der Waals surface area contributed by atoms with Crippen LogP contribution in [-0.4, -0.2) is 87.6 Å². The third-order valence-corrected chi connectivity index (χ3v) is 4.99. The standard InChI is InChI=1S/C15H26N4O7S3/c1-29-3-2-8(17-12(22)7(16)5-27)13(23)19-10(6-28)14(24)18-9(15(25)26)4-11(20)21/h7-10,27-28H,2-6,16H2,1H3,(H,17,22)(H,18,24)(H,19,23)(H,20,21)(H,25,26). The molecule has 7 N–H and O–H groups in total. The van der Waals surface area contributed by atoms with E-state index in [-0.39, 0.29) is 17.9 Å². The van der Waals surface area contributed by atoms with Crippen LogP contribution in [0.3, 0.4) is 0 Å². The van der Waals surface area contributed by atoms with Crippen molar-refractivity contribution in [3.05, 3.63) is 0 Å². The van der Waals surface area contributed by atoms with Crippen molar-refractivity contribution in [3.8, 4) is 0 Å². The Kier molecular flexibility index (Phi) is 13.5. The molecule has 0 aliphatic rings. The molecule has 0 radical (unpaired) electrons. The smallest absolute Gasteiger partial charge is 0.326 e. The molecule has 0 fully saturated rings. The van der Waals surface area contributed by atoms with Crippen molar-refractivity contribution in [2.75, 3.05) is 23.5 Å². The summed E-state index contributed by atoms with van der Waals surface area (Å²) in [7, 11) is 0. The van der Waals surface area contributed by atoms with Crippen LogP contribution in [0.2, 0.25) is 0 Å². The second-order valence-electron chi connectivity index (χ2n) is 5.87. The number of amides is 3. The predicted octanol–water partition coefficient (Wildman–Crippen LogP) is -2.06. The van der Waals surface area contributed by atoms with Crippen molar-refractivity contribution in [2.24, 2.45) is 5.73 Å². The van der Waals surface area contributed by atoms with Crippen LogP contribution >= 0.6 is 37.0 Å². The van der Waals surface area contributed by atoms with E-state index in [9.17, 15) is 24.0 Å². The molecule has 3 amide bonds. The monoisotopic (exact) mass is 470 g/mol. The van der Waals surface area contributed by atoms with Gasteiger partial charge in [0.25, 0.3) is 0 Å². The van der Waals surface area contributed by atoms with Crippen LogP contribution < -0.4 is 21.7 Å². The average Bonchev–Trinajstić information content (AvgIpc) is 2.66. The lowest BCUT2D eigenvalue weighted by molar-refractivity contribution is -0.147. The summed E-state index contributed by atoms with van der Waals surface area (Å²) < 4.78 is 0. The summed E-state index contributed by atoms with van der Waals surface area (Å²) in [5, 5.41) is 24.7. The Morgan fingerprint density at radius 2 is 1.41 bits per heavy atom. The van der Waals surface area contributed by atoms with Gasteiger partial charge in [-0.15, -0.1) is 0 Å². The number of aliphatic carboxylic acids is 2. The quantitative estimate of drug-likeness (QED) is 0.132. The van der Waals surface area contributed by atoms with Crippen molar-refractivity contribution in [2.45, 2.75) is 37.0 Å². The third kappa shape index (κ3) is 10.6. The van der Waals surface area contributed by atoms with E-state index in [4.69, 9.17) is 15.9 Å². The van der Waals surface area contributed by atoms with Gasteiger partial charge in [0, 0.05) is 11.5 Å². The molecule has 0 aromatic heterocycles. The lowest BCUT2D eigenvalue weighted by atomic mass is 10.1. The first-order chi connectivity index (χ1) is 13.6. The number of nitrogens with two attached hydrogens (primary N) is 1. The summed E-state index contributed by atoms with van der Waals surface area (Å²) in [6.07, 6.45) is 1.24. The van der Waals surface area contributed by atoms with Crippen LogP contribution in [0.25, 0.3) is 0 Å². The van der Waals surface area contributed by atoms with Gasteiger partial charge >= 0.3 is 11.9 Å². The van der Waals surface area contributed by atoms with E-state index in [1.54, 1.807) is 0 Å². The van der Waals surface area contributed by atoms with E-state index >= 15 is 0 Å². The van der Waals surface area contributed by atoms with Crippen LogP contribution in [-0.2, 0) is 24.0 Å². The molecule has 0 saturated carbocycles. The van der Waals surface area contributed by atoms with E-state index in [1.165, 1.54) is 11.8 Å². The van der Waals surface area contributed by atoms with Crippen LogP contribution in [0.15, 0.2) is 0 Å². The highest BCUT2D eigenvalue weighted by atomic mass is 32.2. The van der Waals surface area contributed by atoms with E-state index in [1.807, 2.05) is 11.6 Å². The van der Waals surface area contributed by atoms with Crippen molar-refractivity contribution in [1.82, 2.24) is 16.0 Å². The van der Waals surface area contributed by atoms with Gasteiger partial charge in [-0.05, 0) is 18.4 Å². The molecular formula is C15H26N4O7S3. The first-order valence-corrected chi connectivity index (χ1v) is 11.0. The summed E-state index contributed by atoms with van der Waals surface area (Å²) in [6, 6.07) is -4.81. The number of carbonyl (C=O) groups is 5. The Labute approximate surface area is 183 Å². The maximum absolute atomic E-state index is 12.5. The van der Waals surface area contributed by atoms with E-state index in [2.05, 4.69) is 35.9 Å². The molecule has 11 nitrogen and oxygen atoms in total. The maximum Gasteiger partial charge on any atom is 0.326 e. The third-order valence-electron chi connectivity index (χ3n) is 3.59. The van der Waals surface area contributed by atoms with Crippen LogP contribution in [0.4, 0.5) is 0 Å². The van der Waals surface area contributed by atoms with Crippen molar-refractivity contribution in [1.29, 1.82) is 0 Å². The highest BCUT2D eigenvalue weighted by Crippen LogP contribution is 2.04. The SMILES string of the molecule is CSCCC(NC(=O)C(N)CS)C(=O)NC(CS)C(=O)NC(CC(=O)O)C(=O)O. The number of hydrogen-bond acceptors (Lipinski definition) is 9. The summed E-state index contributed by atoms with van der Waals surface area (Å²) in [5.74, 6) is -4.70. The Bertz CT molecular complexity index is 608. The maximum atomic E-state index is 12.5. The topological polar surface area (TPSA) is 188 Å². The van der Waals surface area contributed by atoms with Gasteiger partial charge in [-0.1, -0.05) is 0 Å². The molecule has 0 aromatic rings. The van der Waals surface area contributed by atoms with Crippen molar-refractivity contribution < 1.29 is 34.2 Å². The molecule has 166 valence electrons. The zero-order valence-electron chi connectivity index (χ0n) is 15.7. The largest absolute Gasteiger partial charge is 0.481 e. The highest BCUT2D eigenvalue weighted by Gasteiger charge is 2.30. The van der Waals surface area contributed by atoms with Crippen molar-refractivity contribution in [3.63, 3.8) is 0 Å². The molecule has 4 unspecified atom stereocenters. The van der Waals surface area contributed by atoms with Gasteiger partial charge in [0.15, 0.2) is 0 Å². The number of carboxylic acids is 2. The molecule has 0 saturated heterocycles. The van der Waals surface area contributed by atoms with Gasteiger partial charge in [0.1, 0.15) is 18.1 Å². The number of hydrogen-bond donors (Lipinski definition) is 8. The zero-order valence-corrected chi connectivity index (χ0v) is 18.3. The molecule has 29 heavy (non-hydrogen) atoms. The first kappa shape index (κ1) is 27.4. The molecule has 0 rings (SSSR count). The van der Waals surface area contributed by atoms with Gasteiger partial charge in [0.2, 0.25) is 17.7 Å². The Balaban J connectivity index is 5.15. The number of thiol groups is 2. The minimum Gasteiger partial charge on any atom is -0.481 e. The zero-order chi connectivity index (χ0) is 22.6. The van der Waals surface area contributed by atoms with E-state index in [0.717, 1.165) is 0 Å². The number of carboxylic acid groups (broad SMARTS) is 2. The molecular weight excluding hydrogens is 444 g/mol. The fourth-order valence-corrected chi connectivity index (χ4v) is 2.87. The van der Waals surface area contributed by atoms with Crippen LogP contribution in [0.5, 0.6) is 0 Å². The fraction of sp³-hybridized carbons (Fsp3) is 0.667. The fourth-order valence-electron chi connectivity index (χ4n) is 1.98. The van der Waals surface area contributed by atoms with Gasteiger partial charge in [-0.3, -0.25) is 19.2 Å². The summed E-state index contributed by atoms with van der Waals surface area (Å²) >= 11 is 9.34. The lowest BCUT2D eigenvalue weighted by Gasteiger charge is -2.24. The van der Waals surface area contributed by atoms with Gasteiger partial charge in [-0.2, -0.15) is 37.0 Å². The number of nitrogens with one attached hydrogen (secondary N) is 3.